The van der Waals surface area contributed by atoms with E-state index in [4.69, 9.17) is 4.74 Å². The Balaban J connectivity index is 1.68. The number of hydrogen-bond acceptors (Lipinski definition) is 7. The van der Waals surface area contributed by atoms with E-state index in [1.807, 2.05) is 6.07 Å². The van der Waals surface area contributed by atoms with Crippen molar-refractivity contribution >= 4 is 27.6 Å². The Hall–Kier alpha value is -3.01. The SMILES string of the molecule is COC(=O)c1ccc(OCCCNC2=C(c3ccccc3)S(O)(O)N(C(C)(C)C)C2=O)cc1. The van der Waals surface area contributed by atoms with Crippen LogP contribution in [-0.4, -0.2) is 51.1 Å². The van der Waals surface area contributed by atoms with Gasteiger partial charge in [-0.25, -0.2) is 9.10 Å². The maximum atomic E-state index is 13.2. The Morgan fingerprint density at radius 2 is 1.70 bits per heavy atom. The lowest BCUT2D eigenvalue weighted by Crippen LogP contribution is -2.45. The quantitative estimate of drug-likeness (QED) is 0.382. The predicted octanol–water partition coefficient (Wildman–Crippen LogP) is 4.51. The number of nitrogens with one attached hydrogen (secondary N) is 1. The molecule has 0 spiro atoms. The molecule has 178 valence electrons. The Kier molecular flexibility index (Phi) is 7.36. The first-order valence-corrected chi connectivity index (χ1v) is 12.1. The fraction of sp³-hybridized carbons (Fsp3) is 0.333. The van der Waals surface area contributed by atoms with Crippen molar-refractivity contribution in [3.8, 4) is 5.75 Å². The molecule has 3 rings (SSSR count). The standard InChI is InChI=1S/C24H30N2O6S/c1-24(2,3)26-22(27)20(21(33(26,29)30)17-9-6-5-7-10-17)25-15-8-16-32-19-13-11-18(12-14-19)23(28)31-4/h5-7,9-14,25,29-30H,8,15-16H2,1-4H3. The van der Waals surface area contributed by atoms with Gasteiger partial charge in [0.15, 0.2) is 0 Å². The Bertz CT molecular complexity index is 1030. The van der Waals surface area contributed by atoms with Crippen LogP contribution in [0.5, 0.6) is 5.75 Å². The Labute approximate surface area is 195 Å². The molecule has 0 aliphatic carbocycles. The first kappa shape index (κ1) is 24.6. The number of amides is 1. The van der Waals surface area contributed by atoms with E-state index in [0.29, 0.717) is 36.4 Å². The summed E-state index contributed by atoms with van der Waals surface area (Å²) in [5, 5.41) is 3.10. The maximum Gasteiger partial charge on any atom is 0.337 e. The van der Waals surface area contributed by atoms with Crippen LogP contribution in [0.15, 0.2) is 60.3 Å². The largest absolute Gasteiger partial charge is 0.494 e. The van der Waals surface area contributed by atoms with Gasteiger partial charge in [0.2, 0.25) is 0 Å². The number of rotatable bonds is 8. The molecule has 0 unspecified atom stereocenters. The minimum absolute atomic E-state index is 0.193. The number of ether oxygens (including phenoxy) is 2. The summed E-state index contributed by atoms with van der Waals surface area (Å²) in [5.74, 6) is -0.248. The molecule has 0 atom stereocenters. The van der Waals surface area contributed by atoms with Crippen LogP contribution in [0.3, 0.4) is 0 Å². The monoisotopic (exact) mass is 474 g/mol. The number of esters is 1. The summed E-state index contributed by atoms with van der Waals surface area (Å²) in [6.07, 6.45) is 0.562. The molecular formula is C24H30N2O6S. The smallest absolute Gasteiger partial charge is 0.337 e. The third-order valence-corrected chi connectivity index (χ3v) is 7.18. The lowest BCUT2D eigenvalue weighted by atomic mass is 10.1. The number of hydrogen-bond donors (Lipinski definition) is 3. The molecule has 2 aromatic rings. The van der Waals surface area contributed by atoms with Crippen molar-refractivity contribution in [1.82, 2.24) is 9.62 Å². The van der Waals surface area contributed by atoms with E-state index in [0.717, 1.165) is 4.31 Å². The highest BCUT2D eigenvalue weighted by Gasteiger charge is 2.49. The third-order valence-electron chi connectivity index (χ3n) is 4.97. The van der Waals surface area contributed by atoms with Crippen molar-refractivity contribution in [3.63, 3.8) is 0 Å². The molecule has 1 amide bonds. The predicted molar refractivity (Wildman–Crippen MR) is 129 cm³/mol. The fourth-order valence-electron chi connectivity index (χ4n) is 3.56. The molecule has 3 N–H and O–H groups in total. The van der Waals surface area contributed by atoms with Crippen LogP contribution < -0.4 is 10.1 Å². The third kappa shape index (κ3) is 5.32. The second-order valence-electron chi connectivity index (χ2n) is 8.50. The van der Waals surface area contributed by atoms with Gasteiger partial charge in [-0.05, 0) is 51.5 Å². The van der Waals surface area contributed by atoms with E-state index in [1.165, 1.54) is 7.11 Å². The van der Waals surface area contributed by atoms with Gasteiger partial charge < -0.3 is 14.8 Å². The normalized spacial score (nSPS) is 16.5. The molecule has 0 radical (unpaired) electrons. The minimum Gasteiger partial charge on any atom is -0.494 e. The minimum atomic E-state index is -3.50. The summed E-state index contributed by atoms with van der Waals surface area (Å²) < 4.78 is 33.7. The van der Waals surface area contributed by atoms with Gasteiger partial charge in [-0.3, -0.25) is 13.9 Å². The van der Waals surface area contributed by atoms with Crippen LogP contribution >= 0.6 is 10.8 Å². The van der Waals surface area contributed by atoms with E-state index >= 15 is 0 Å². The number of nitrogens with zero attached hydrogens (tertiary/aromatic N) is 1. The first-order chi connectivity index (χ1) is 15.6. The molecule has 0 saturated carbocycles. The lowest BCUT2D eigenvalue weighted by Gasteiger charge is -2.45. The number of methoxy groups -OCH3 is 1. The topological polar surface area (TPSA) is 108 Å². The zero-order valence-electron chi connectivity index (χ0n) is 19.2. The molecule has 0 bridgehead atoms. The van der Waals surface area contributed by atoms with Crippen molar-refractivity contribution in [2.75, 3.05) is 20.3 Å². The molecule has 2 aromatic carbocycles. The van der Waals surface area contributed by atoms with Crippen molar-refractivity contribution in [2.45, 2.75) is 32.7 Å². The summed E-state index contributed by atoms with van der Waals surface area (Å²) in [6.45, 7) is 6.06. The van der Waals surface area contributed by atoms with Gasteiger partial charge in [0.05, 0.1) is 24.8 Å². The summed E-state index contributed by atoms with van der Waals surface area (Å²) in [5.41, 5.74) is 0.438. The van der Waals surface area contributed by atoms with Gasteiger partial charge in [-0.1, -0.05) is 41.1 Å². The van der Waals surface area contributed by atoms with Crippen molar-refractivity contribution in [2.24, 2.45) is 0 Å². The second-order valence-corrected chi connectivity index (χ2v) is 10.3. The van der Waals surface area contributed by atoms with Gasteiger partial charge in [0.25, 0.3) is 5.91 Å². The molecule has 1 heterocycles. The van der Waals surface area contributed by atoms with E-state index in [1.54, 1.807) is 69.3 Å². The second kappa shape index (κ2) is 9.86. The highest BCUT2D eigenvalue weighted by molar-refractivity contribution is 8.31. The molecule has 0 saturated heterocycles. The first-order valence-electron chi connectivity index (χ1n) is 10.5. The summed E-state index contributed by atoms with van der Waals surface area (Å²) in [6, 6.07) is 15.5. The van der Waals surface area contributed by atoms with Crippen molar-refractivity contribution < 1.29 is 28.2 Å². The van der Waals surface area contributed by atoms with Crippen LogP contribution in [0.1, 0.15) is 43.1 Å². The summed E-state index contributed by atoms with van der Waals surface area (Å²) >= 11 is 0. The summed E-state index contributed by atoms with van der Waals surface area (Å²) in [7, 11) is -2.18. The van der Waals surface area contributed by atoms with Crippen molar-refractivity contribution in [3.05, 3.63) is 71.4 Å². The molecular weight excluding hydrogens is 444 g/mol. The maximum absolute atomic E-state index is 13.2. The zero-order chi connectivity index (χ0) is 24.2. The van der Waals surface area contributed by atoms with E-state index in [9.17, 15) is 18.7 Å². The van der Waals surface area contributed by atoms with Crippen LogP contribution in [0.4, 0.5) is 0 Å². The molecule has 1 aliphatic rings. The van der Waals surface area contributed by atoms with Crippen LogP contribution in [0.2, 0.25) is 0 Å². The highest BCUT2D eigenvalue weighted by atomic mass is 32.3. The molecule has 9 heteroatoms. The number of benzene rings is 2. The average Bonchev–Trinajstić information content (AvgIpc) is 2.98. The van der Waals surface area contributed by atoms with Gasteiger partial charge in [0, 0.05) is 12.1 Å². The van der Waals surface area contributed by atoms with E-state index in [-0.39, 0.29) is 10.6 Å². The molecule has 0 aromatic heterocycles. The molecule has 8 nitrogen and oxygen atoms in total. The van der Waals surface area contributed by atoms with Crippen LogP contribution in [-0.2, 0) is 9.53 Å². The fourth-order valence-corrected chi connectivity index (χ4v) is 5.71. The van der Waals surface area contributed by atoms with Crippen LogP contribution in [0.25, 0.3) is 4.91 Å². The Morgan fingerprint density at radius 3 is 2.27 bits per heavy atom. The van der Waals surface area contributed by atoms with Gasteiger partial charge in [-0.2, -0.15) is 0 Å². The molecule has 33 heavy (non-hydrogen) atoms. The molecule has 0 fully saturated rings. The number of carbonyl (C=O) groups is 2. The highest BCUT2D eigenvalue weighted by Crippen LogP contribution is 2.63. The van der Waals surface area contributed by atoms with E-state index in [2.05, 4.69) is 10.1 Å². The van der Waals surface area contributed by atoms with E-state index < -0.39 is 28.2 Å². The van der Waals surface area contributed by atoms with Gasteiger partial charge in [0.1, 0.15) is 16.4 Å². The van der Waals surface area contributed by atoms with Crippen LogP contribution in [0, 0.1) is 0 Å². The van der Waals surface area contributed by atoms with Gasteiger partial charge in [-0.15, -0.1) is 0 Å². The van der Waals surface area contributed by atoms with Gasteiger partial charge >= 0.3 is 5.97 Å². The average molecular weight is 475 g/mol. The molecule has 1 aliphatic heterocycles. The number of carbonyl (C=O) groups excluding carboxylic acids is 2. The lowest BCUT2D eigenvalue weighted by molar-refractivity contribution is -0.125. The Morgan fingerprint density at radius 1 is 1.06 bits per heavy atom. The van der Waals surface area contributed by atoms with Crippen molar-refractivity contribution in [1.29, 1.82) is 0 Å². The zero-order valence-corrected chi connectivity index (χ0v) is 20.0. The summed E-state index contributed by atoms with van der Waals surface area (Å²) in [4.78, 5) is 24.9.